The van der Waals surface area contributed by atoms with Crippen LogP contribution in [0.25, 0.3) is 0 Å². The highest BCUT2D eigenvalue weighted by atomic mass is 79.9. The van der Waals surface area contributed by atoms with Crippen molar-refractivity contribution in [2.24, 2.45) is 0 Å². The highest BCUT2D eigenvalue weighted by Gasteiger charge is 2.14. The number of carbonyl (C=O) groups is 1. The van der Waals surface area contributed by atoms with E-state index in [-0.39, 0.29) is 5.56 Å². The summed E-state index contributed by atoms with van der Waals surface area (Å²) < 4.78 is 5.82. The number of ether oxygens (including phenoxy) is 1. The summed E-state index contributed by atoms with van der Waals surface area (Å²) in [5.41, 5.74) is 1.76. The lowest BCUT2D eigenvalue weighted by molar-refractivity contribution is 0.0697. The first-order valence-electron chi connectivity index (χ1n) is 6.01. The van der Waals surface area contributed by atoms with Gasteiger partial charge in [0.1, 0.15) is 5.75 Å². The Bertz CT molecular complexity index is 628. The predicted octanol–water partition coefficient (Wildman–Crippen LogP) is 3.77. The number of aromatic carboxylic acids is 1. The summed E-state index contributed by atoms with van der Waals surface area (Å²) in [6, 6.07) is 12.9. The van der Waals surface area contributed by atoms with E-state index in [1.165, 1.54) is 0 Å². The summed E-state index contributed by atoms with van der Waals surface area (Å²) in [6.45, 7) is 0.487. The van der Waals surface area contributed by atoms with Gasteiger partial charge < -0.3 is 15.2 Å². The maximum atomic E-state index is 11.3. The Labute approximate surface area is 125 Å². The quantitative estimate of drug-likeness (QED) is 0.873. The molecule has 0 radical (unpaired) electrons. The number of methoxy groups -OCH3 is 1. The van der Waals surface area contributed by atoms with Gasteiger partial charge in [0.2, 0.25) is 0 Å². The van der Waals surface area contributed by atoms with Crippen molar-refractivity contribution in [1.29, 1.82) is 0 Å². The third kappa shape index (κ3) is 3.11. The van der Waals surface area contributed by atoms with Crippen molar-refractivity contribution < 1.29 is 14.6 Å². The van der Waals surface area contributed by atoms with Gasteiger partial charge in [-0.2, -0.15) is 0 Å². The van der Waals surface area contributed by atoms with E-state index in [2.05, 4.69) is 21.2 Å². The maximum absolute atomic E-state index is 11.3. The van der Waals surface area contributed by atoms with Crippen molar-refractivity contribution in [1.82, 2.24) is 0 Å². The van der Waals surface area contributed by atoms with Gasteiger partial charge in [0, 0.05) is 16.6 Å². The van der Waals surface area contributed by atoms with E-state index < -0.39 is 5.97 Å². The molecule has 0 saturated carbocycles. The molecular weight excluding hydrogens is 322 g/mol. The van der Waals surface area contributed by atoms with Crippen LogP contribution in [0.5, 0.6) is 5.75 Å². The zero-order valence-corrected chi connectivity index (χ0v) is 12.5. The molecule has 0 aliphatic rings. The van der Waals surface area contributed by atoms with Gasteiger partial charge in [0.25, 0.3) is 0 Å². The van der Waals surface area contributed by atoms with Crippen molar-refractivity contribution >= 4 is 27.6 Å². The molecule has 0 saturated heterocycles. The zero-order chi connectivity index (χ0) is 14.5. The molecule has 0 aromatic heterocycles. The van der Waals surface area contributed by atoms with Gasteiger partial charge in [-0.05, 0) is 34.1 Å². The standard InChI is InChI=1S/C15H14BrNO3/c1-20-13-8-3-2-5-10(13)9-17-12-7-4-6-11(16)14(12)15(18)19/h2-8,17H,9H2,1H3,(H,18,19). The van der Waals surface area contributed by atoms with E-state index >= 15 is 0 Å². The van der Waals surface area contributed by atoms with Crippen molar-refractivity contribution in [2.45, 2.75) is 6.54 Å². The fourth-order valence-electron chi connectivity index (χ4n) is 1.93. The molecule has 0 heterocycles. The van der Waals surface area contributed by atoms with Gasteiger partial charge in [-0.1, -0.05) is 24.3 Å². The lowest BCUT2D eigenvalue weighted by Crippen LogP contribution is -2.07. The molecule has 0 aliphatic carbocycles. The van der Waals surface area contributed by atoms with Crippen molar-refractivity contribution in [3.8, 4) is 5.75 Å². The van der Waals surface area contributed by atoms with Crippen LogP contribution in [0.3, 0.4) is 0 Å². The van der Waals surface area contributed by atoms with Crippen LogP contribution in [0, 0.1) is 0 Å². The molecule has 2 aromatic rings. The number of benzene rings is 2. The maximum Gasteiger partial charge on any atom is 0.338 e. The average molecular weight is 336 g/mol. The van der Waals surface area contributed by atoms with Crippen LogP contribution in [0.15, 0.2) is 46.9 Å². The van der Waals surface area contributed by atoms with Crippen LogP contribution in [0.2, 0.25) is 0 Å². The van der Waals surface area contributed by atoms with Gasteiger partial charge in [-0.15, -0.1) is 0 Å². The minimum atomic E-state index is -0.972. The van der Waals surface area contributed by atoms with Gasteiger partial charge in [-0.3, -0.25) is 0 Å². The minimum absolute atomic E-state index is 0.224. The largest absolute Gasteiger partial charge is 0.496 e. The fourth-order valence-corrected chi connectivity index (χ4v) is 2.46. The molecule has 2 rings (SSSR count). The highest BCUT2D eigenvalue weighted by molar-refractivity contribution is 9.10. The number of carboxylic acids is 1. The van der Waals surface area contributed by atoms with Crippen LogP contribution in [-0.2, 0) is 6.54 Å². The SMILES string of the molecule is COc1ccccc1CNc1cccc(Br)c1C(=O)O. The Morgan fingerprint density at radius 1 is 1.25 bits per heavy atom. The molecule has 0 fully saturated rings. The Hall–Kier alpha value is -2.01. The molecule has 2 N–H and O–H groups in total. The van der Waals surface area contributed by atoms with Crippen molar-refractivity contribution in [3.05, 3.63) is 58.1 Å². The molecule has 0 spiro atoms. The monoisotopic (exact) mass is 335 g/mol. The molecule has 2 aromatic carbocycles. The van der Waals surface area contributed by atoms with Crippen LogP contribution in [-0.4, -0.2) is 18.2 Å². The van der Waals surface area contributed by atoms with Crippen LogP contribution in [0.4, 0.5) is 5.69 Å². The molecule has 104 valence electrons. The number of hydrogen-bond donors (Lipinski definition) is 2. The summed E-state index contributed by atoms with van der Waals surface area (Å²) in [6.07, 6.45) is 0. The first-order chi connectivity index (χ1) is 9.63. The second-order valence-electron chi connectivity index (χ2n) is 4.13. The van der Waals surface area contributed by atoms with Crippen LogP contribution >= 0.6 is 15.9 Å². The molecular formula is C15H14BrNO3. The number of anilines is 1. The molecule has 0 unspecified atom stereocenters. The minimum Gasteiger partial charge on any atom is -0.496 e. The van der Waals surface area contributed by atoms with E-state index in [0.29, 0.717) is 16.7 Å². The Morgan fingerprint density at radius 3 is 2.70 bits per heavy atom. The Kier molecular flexibility index (Phi) is 4.63. The third-order valence-electron chi connectivity index (χ3n) is 2.89. The number of hydrogen-bond acceptors (Lipinski definition) is 3. The number of nitrogens with one attached hydrogen (secondary N) is 1. The number of halogens is 1. The second kappa shape index (κ2) is 6.43. The van der Waals surface area contributed by atoms with E-state index in [1.807, 2.05) is 24.3 Å². The summed E-state index contributed by atoms with van der Waals surface area (Å²) >= 11 is 3.26. The first kappa shape index (κ1) is 14.4. The van der Waals surface area contributed by atoms with Gasteiger partial charge in [0.05, 0.1) is 18.4 Å². The van der Waals surface area contributed by atoms with E-state index in [1.54, 1.807) is 25.3 Å². The Morgan fingerprint density at radius 2 is 2.00 bits per heavy atom. The lowest BCUT2D eigenvalue weighted by atomic mass is 10.1. The normalized spacial score (nSPS) is 10.1. The van der Waals surface area contributed by atoms with E-state index in [9.17, 15) is 9.90 Å². The lowest BCUT2D eigenvalue weighted by Gasteiger charge is -2.13. The molecule has 5 heteroatoms. The third-order valence-corrected chi connectivity index (χ3v) is 3.55. The van der Waals surface area contributed by atoms with E-state index in [0.717, 1.165) is 11.3 Å². The number of carboxylic acid groups (broad SMARTS) is 1. The molecule has 20 heavy (non-hydrogen) atoms. The second-order valence-corrected chi connectivity index (χ2v) is 4.99. The molecule has 0 bridgehead atoms. The molecule has 4 nitrogen and oxygen atoms in total. The predicted molar refractivity (Wildman–Crippen MR) is 81.4 cm³/mol. The summed E-state index contributed by atoms with van der Waals surface area (Å²) in [7, 11) is 1.61. The molecule has 0 aliphatic heterocycles. The van der Waals surface area contributed by atoms with Gasteiger partial charge in [-0.25, -0.2) is 4.79 Å². The van der Waals surface area contributed by atoms with Crippen LogP contribution < -0.4 is 10.1 Å². The molecule has 0 amide bonds. The highest BCUT2D eigenvalue weighted by Crippen LogP contribution is 2.26. The number of para-hydroxylation sites is 1. The van der Waals surface area contributed by atoms with Gasteiger partial charge >= 0.3 is 5.97 Å². The van der Waals surface area contributed by atoms with E-state index in [4.69, 9.17) is 4.74 Å². The van der Waals surface area contributed by atoms with Crippen molar-refractivity contribution in [2.75, 3.05) is 12.4 Å². The Balaban J connectivity index is 2.23. The summed E-state index contributed by atoms with van der Waals surface area (Å²) in [5, 5.41) is 12.4. The summed E-state index contributed by atoms with van der Waals surface area (Å²) in [4.78, 5) is 11.3. The first-order valence-corrected chi connectivity index (χ1v) is 6.80. The number of rotatable bonds is 5. The topological polar surface area (TPSA) is 58.6 Å². The zero-order valence-electron chi connectivity index (χ0n) is 10.9. The van der Waals surface area contributed by atoms with Crippen molar-refractivity contribution in [3.63, 3.8) is 0 Å². The van der Waals surface area contributed by atoms with Crippen LogP contribution in [0.1, 0.15) is 15.9 Å². The smallest absolute Gasteiger partial charge is 0.338 e. The molecule has 0 atom stereocenters. The van der Waals surface area contributed by atoms with Gasteiger partial charge in [0.15, 0.2) is 0 Å². The summed E-state index contributed by atoms with van der Waals surface area (Å²) in [5.74, 6) is -0.202. The average Bonchev–Trinajstić information content (AvgIpc) is 2.45. The fraction of sp³-hybridized carbons (Fsp3) is 0.133.